The van der Waals surface area contributed by atoms with E-state index in [-0.39, 0.29) is 13.2 Å². The van der Waals surface area contributed by atoms with Crippen LogP contribution in [0.15, 0.2) is 0 Å². The lowest BCUT2D eigenvalue weighted by Gasteiger charge is -2.33. The highest BCUT2D eigenvalue weighted by atomic mass is 16.4. The Bertz CT molecular complexity index is 196. The van der Waals surface area contributed by atoms with E-state index in [0.29, 0.717) is 12.8 Å². The lowest BCUT2D eigenvalue weighted by molar-refractivity contribution is -0.140. The van der Waals surface area contributed by atoms with Crippen molar-refractivity contribution in [3.8, 4) is 0 Å². The molecule has 0 rings (SSSR count). The Morgan fingerprint density at radius 1 is 1.31 bits per heavy atom. The Morgan fingerprint density at radius 2 is 1.88 bits per heavy atom. The molecule has 1 unspecified atom stereocenters. The van der Waals surface area contributed by atoms with Crippen LogP contribution < -0.4 is 5.32 Å². The standard InChI is InChI=1S/C11H23NO4/c1-3-5-6-9(10(15)16)12-11(4-2,7-13)8-14/h9,12-14H,3-8H2,1-2H3,(H,15,16). The molecule has 0 bridgehead atoms. The van der Waals surface area contributed by atoms with Gasteiger partial charge in [-0.3, -0.25) is 10.1 Å². The summed E-state index contributed by atoms with van der Waals surface area (Å²) in [6, 6.07) is -0.709. The van der Waals surface area contributed by atoms with Gasteiger partial charge in [-0.2, -0.15) is 0 Å². The molecular weight excluding hydrogens is 210 g/mol. The van der Waals surface area contributed by atoms with Crippen molar-refractivity contribution < 1.29 is 20.1 Å². The van der Waals surface area contributed by atoms with Gasteiger partial charge in [-0.25, -0.2) is 0 Å². The van der Waals surface area contributed by atoms with E-state index in [0.717, 1.165) is 12.8 Å². The zero-order valence-corrected chi connectivity index (χ0v) is 10.1. The summed E-state index contributed by atoms with van der Waals surface area (Å²) in [5.41, 5.74) is -0.892. The molecule has 96 valence electrons. The molecule has 0 aliphatic heterocycles. The molecule has 4 N–H and O–H groups in total. The maximum absolute atomic E-state index is 11.0. The SMILES string of the molecule is CCCCC(NC(CC)(CO)CO)C(=O)O. The first-order valence-corrected chi connectivity index (χ1v) is 5.77. The number of carboxylic acid groups (broad SMARTS) is 1. The van der Waals surface area contributed by atoms with Crippen LogP contribution in [0.3, 0.4) is 0 Å². The summed E-state index contributed by atoms with van der Waals surface area (Å²) in [6.07, 6.45) is 2.72. The lowest BCUT2D eigenvalue weighted by atomic mass is 9.95. The molecule has 16 heavy (non-hydrogen) atoms. The number of aliphatic carboxylic acids is 1. The molecule has 0 aromatic heterocycles. The smallest absolute Gasteiger partial charge is 0.320 e. The van der Waals surface area contributed by atoms with Crippen LogP contribution in [0, 0.1) is 0 Å². The van der Waals surface area contributed by atoms with E-state index in [2.05, 4.69) is 5.32 Å². The van der Waals surface area contributed by atoms with Gasteiger partial charge in [0.2, 0.25) is 0 Å². The Hall–Kier alpha value is -0.650. The first-order chi connectivity index (χ1) is 7.55. The summed E-state index contributed by atoms with van der Waals surface area (Å²) >= 11 is 0. The van der Waals surface area contributed by atoms with Gasteiger partial charge in [-0.1, -0.05) is 26.7 Å². The van der Waals surface area contributed by atoms with Crippen LogP contribution in [-0.2, 0) is 4.79 Å². The highest BCUT2D eigenvalue weighted by Crippen LogP contribution is 2.12. The average molecular weight is 233 g/mol. The second kappa shape index (κ2) is 7.60. The Labute approximate surface area is 96.5 Å². The number of hydrogen-bond acceptors (Lipinski definition) is 4. The van der Waals surface area contributed by atoms with E-state index in [1.54, 1.807) is 6.92 Å². The van der Waals surface area contributed by atoms with Gasteiger partial charge in [0.1, 0.15) is 6.04 Å². The van der Waals surface area contributed by atoms with Gasteiger partial charge >= 0.3 is 5.97 Å². The summed E-state index contributed by atoms with van der Waals surface area (Å²) in [7, 11) is 0. The number of nitrogens with one attached hydrogen (secondary N) is 1. The third kappa shape index (κ3) is 4.47. The Morgan fingerprint density at radius 3 is 2.19 bits per heavy atom. The van der Waals surface area contributed by atoms with E-state index in [1.165, 1.54) is 0 Å². The molecule has 0 fully saturated rings. The fourth-order valence-electron chi connectivity index (χ4n) is 1.50. The van der Waals surface area contributed by atoms with Crippen molar-refractivity contribution in [2.75, 3.05) is 13.2 Å². The zero-order valence-electron chi connectivity index (χ0n) is 10.1. The van der Waals surface area contributed by atoms with Crippen LogP contribution in [0.4, 0.5) is 0 Å². The van der Waals surface area contributed by atoms with Crippen LogP contribution in [0.1, 0.15) is 39.5 Å². The van der Waals surface area contributed by atoms with Crippen molar-refractivity contribution in [1.29, 1.82) is 0 Å². The summed E-state index contributed by atoms with van der Waals surface area (Å²) in [5.74, 6) is -0.937. The van der Waals surface area contributed by atoms with E-state index in [1.807, 2.05) is 6.92 Å². The third-order valence-electron chi connectivity index (χ3n) is 2.91. The second-order valence-corrected chi connectivity index (χ2v) is 4.13. The molecule has 5 heteroatoms. The molecule has 0 spiro atoms. The molecule has 0 amide bonds. The highest BCUT2D eigenvalue weighted by Gasteiger charge is 2.31. The fourth-order valence-corrected chi connectivity index (χ4v) is 1.50. The Balaban J connectivity index is 4.50. The number of unbranched alkanes of at least 4 members (excludes halogenated alkanes) is 1. The molecule has 0 aromatic carbocycles. The minimum atomic E-state index is -0.937. The molecule has 0 saturated carbocycles. The van der Waals surface area contributed by atoms with E-state index >= 15 is 0 Å². The van der Waals surface area contributed by atoms with Crippen molar-refractivity contribution in [2.24, 2.45) is 0 Å². The predicted octanol–water partition coefficient (Wildman–Crippen LogP) is 0.353. The molecule has 0 saturated heterocycles. The fraction of sp³-hybridized carbons (Fsp3) is 0.909. The number of aliphatic hydroxyl groups is 2. The average Bonchev–Trinajstić information content (AvgIpc) is 2.30. The van der Waals surface area contributed by atoms with Crippen LogP contribution >= 0.6 is 0 Å². The molecule has 0 aliphatic carbocycles. The number of rotatable bonds is 9. The number of aliphatic hydroxyl groups excluding tert-OH is 2. The first-order valence-electron chi connectivity index (χ1n) is 5.77. The molecule has 0 radical (unpaired) electrons. The van der Waals surface area contributed by atoms with Crippen LogP contribution in [-0.4, -0.2) is 46.1 Å². The largest absolute Gasteiger partial charge is 0.480 e. The topological polar surface area (TPSA) is 89.8 Å². The zero-order chi connectivity index (χ0) is 12.6. The first kappa shape index (κ1) is 15.3. The van der Waals surface area contributed by atoms with Crippen LogP contribution in [0.2, 0.25) is 0 Å². The minimum absolute atomic E-state index is 0.268. The molecule has 0 aromatic rings. The second-order valence-electron chi connectivity index (χ2n) is 4.13. The molecular formula is C11H23NO4. The maximum Gasteiger partial charge on any atom is 0.320 e. The number of hydrogen-bond donors (Lipinski definition) is 4. The van der Waals surface area contributed by atoms with Crippen molar-refractivity contribution in [3.63, 3.8) is 0 Å². The van der Waals surface area contributed by atoms with Gasteiger partial charge < -0.3 is 15.3 Å². The number of carboxylic acids is 1. The van der Waals surface area contributed by atoms with Crippen LogP contribution in [0.25, 0.3) is 0 Å². The minimum Gasteiger partial charge on any atom is -0.480 e. The lowest BCUT2D eigenvalue weighted by Crippen LogP contribution is -2.57. The van der Waals surface area contributed by atoms with Crippen molar-refractivity contribution in [3.05, 3.63) is 0 Å². The van der Waals surface area contributed by atoms with Crippen molar-refractivity contribution in [2.45, 2.75) is 51.1 Å². The normalized spacial score (nSPS) is 13.8. The summed E-state index contributed by atoms with van der Waals surface area (Å²) in [4.78, 5) is 11.0. The van der Waals surface area contributed by atoms with Crippen LogP contribution in [0.5, 0.6) is 0 Å². The van der Waals surface area contributed by atoms with Gasteiger partial charge in [-0.05, 0) is 12.8 Å². The molecule has 0 heterocycles. The van der Waals surface area contributed by atoms with Gasteiger partial charge in [0.25, 0.3) is 0 Å². The molecule has 5 nitrogen and oxygen atoms in total. The summed E-state index contributed by atoms with van der Waals surface area (Å²) in [6.45, 7) is 3.26. The van der Waals surface area contributed by atoms with Gasteiger partial charge in [0.15, 0.2) is 0 Å². The van der Waals surface area contributed by atoms with Crippen molar-refractivity contribution in [1.82, 2.24) is 5.32 Å². The van der Waals surface area contributed by atoms with Gasteiger partial charge in [-0.15, -0.1) is 0 Å². The highest BCUT2D eigenvalue weighted by molar-refractivity contribution is 5.73. The Kier molecular flexibility index (Phi) is 7.29. The van der Waals surface area contributed by atoms with Gasteiger partial charge in [0.05, 0.1) is 18.8 Å². The van der Waals surface area contributed by atoms with E-state index in [9.17, 15) is 15.0 Å². The number of carbonyl (C=O) groups is 1. The summed E-state index contributed by atoms with van der Waals surface area (Å²) < 4.78 is 0. The van der Waals surface area contributed by atoms with Gasteiger partial charge in [0, 0.05) is 0 Å². The summed E-state index contributed by atoms with van der Waals surface area (Å²) in [5, 5.41) is 30.3. The molecule has 0 aliphatic rings. The maximum atomic E-state index is 11.0. The monoisotopic (exact) mass is 233 g/mol. The quantitative estimate of drug-likeness (QED) is 0.461. The van der Waals surface area contributed by atoms with E-state index in [4.69, 9.17) is 5.11 Å². The van der Waals surface area contributed by atoms with E-state index < -0.39 is 17.6 Å². The third-order valence-corrected chi connectivity index (χ3v) is 2.91. The van der Waals surface area contributed by atoms with Crippen molar-refractivity contribution >= 4 is 5.97 Å². The molecule has 1 atom stereocenters. The predicted molar refractivity (Wildman–Crippen MR) is 61.3 cm³/mol.